The van der Waals surface area contributed by atoms with Gasteiger partial charge in [-0.2, -0.15) is 0 Å². The Kier molecular flexibility index (Phi) is 8.13. The van der Waals surface area contributed by atoms with Gasteiger partial charge in [-0.1, -0.05) is 0 Å². The van der Waals surface area contributed by atoms with Crippen molar-refractivity contribution in [1.29, 1.82) is 0 Å². The van der Waals surface area contributed by atoms with E-state index in [1.54, 1.807) is 0 Å². The van der Waals surface area contributed by atoms with Crippen LogP contribution in [0.3, 0.4) is 0 Å². The first kappa shape index (κ1) is 22.2. The highest BCUT2D eigenvalue weighted by Crippen LogP contribution is 2.28. The third-order valence-corrected chi connectivity index (χ3v) is 4.74. The van der Waals surface area contributed by atoms with Gasteiger partial charge in [-0.25, -0.2) is 9.98 Å². The van der Waals surface area contributed by atoms with E-state index in [0.29, 0.717) is 18.4 Å². The van der Waals surface area contributed by atoms with E-state index in [0.717, 1.165) is 55.0 Å². The van der Waals surface area contributed by atoms with Crippen LogP contribution in [0.2, 0.25) is 0 Å². The highest BCUT2D eigenvalue weighted by atomic mass is 16.5. The molecule has 2 aromatic rings. The van der Waals surface area contributed by atoms with Crippen LogP contribution < -0.4 is 15.4 Å². The molecule has 7 heteroatoms. The molecule has 0 amide bonds. The third-order valence-electron chi connectivity index (χ3n) is 4.74. The van der Waals surface area contributed by atoms with Crippen LogP contribution in [0.4, 0.5) is 5.69 Å². The number of rotatable bonds is 11. The molecule has 1 heterocycles. The second kappa shape index (κ2) is 11.0. The lowest BCUT2D eigenvalue weighted by atomic mass is 10.3. The molecular formula is C23H34N4O3. The molecule has 3 rings (SSSR count). The smallest absolute Gasteiger partial charge is 0.216 e. The first-order valence-electron chi connectivity index (χ1n) is 10.8. The Labute approximate surface area is 179 Å². The van der Waals surface area contributed by atoms with Gasteiger partial charge in [-0.15, -0.1) is 0 Å². The maximum absolute atomic E-state index is 5.71. The van der Waals surface area contributed by atoms with Gasteiger partial charge in [-0.3, -0.25) is 0 Å². The van der Waals surface area contributed by atoms with E-state index in [1.807, 2.05) is 52.0 Å². The molecule has 1 aromatic heterocycles. The molecule has 1 aliphatic carbocycles. The van der Waals surface area contributed by atoms with E-state index in [-0.39, 0.29) is 6.10 Å². The van der Waals surface area contributed by atoms with Gasteiger partial charge >= 0.3 is 0 Å². The fraction of sp³-hybridized carbons (Fsp3) is 0.565. The van der Waals surface area contributed by atoms with Crippen LogP contribution in [0.25, 0.3) is 0 Å². The topological polar surface area (TPSA) is 80.9 Å². The molecule has 7 nitrogen and oxygen atoms in total. The summed E-state index contributed by atoms with van der Waals surface area (Å²) in [5.41, 5.74) is 1.83. The van der Waals surface area contributed by atoms with Crippen molar-refractivity contribution in [2.24, 2.45) is 10.9 Å². The zero-order valence-electron chi connectivity index (χ0n) is 18.5. The summed E-state index contributed by atoms with van der Waals surface area (Å²) >= 11 is 0. The second-order valence-corrected chi connectivity index (χ2v) is 8.03. The maximum Gasteiger partial charge on any atom is 0.216 e. The van der Waals surface area contributed by atoms with Crippen LogP contribution in [0, 0.1) is 19.8 Å². The number of hydrogen-bond acceptors (Lipinski definition) is 5. The van der Waals surface area contributed by atoms with Crippen LogP contribution >= 0.6 is 0 Å². The van der Waals surface area contributed by atoms with E-state index >= 15 is 0 Å². The van der Waals surface area contributed by atoms with Gasteiger partial charge in [0.1, 0.15) is 18.1 Å². The second-order valence-electron chi connectivity index (χ2n) is 8.03. The van der Waals surface area contributed by atoms with Crippen molar-refractivity contribution in [3.8, 4) is 5.75 Å². The summed E-state index contributed by atoms with van der Waals surface area (Å²) in [5.74, 6) is 3.77. The molecule has 0 atom stereocenters. The van der Waals surface area contributed by atoms with Crippen molar-refractivity contribution < 1.29 is 13.9 Å². The summed E-state index contributed by atoms with van der Waals surface area (Å²) in [6.07, 6.45) is 3.71. The van der Waals surface area contributed by atoms with Gasteiger partial charge in [0, 0.05) is 25.4 Å². The number of aromatic nitrogens is 1. The SMILES string of the molecule is Cc1nc(CN=C(NCCCOCC2CC2)Nc2ccc(OC(C)C)cc2)oc1C. The van der Waals surface area contributed by atoms with Crippen molar-refractivity contribution in [2.45, 2.75) is 59.6 Å². The number of hydrogen-bond donors (Lipinski definition) is 2. The van der Waals surface area contributed by atoms with Crippen molar-refractivity contribution in [3.05, 3.63) is 41.6 Å². The number of aryl methyl sites for hydroxylation is 2. The summed E-state index contributed by atoms with van der Waals surface area (Å²) in [5, 5.41) is 6.71. The number of nitrogens with zero attached hydrogens (tertiary/aromatic N) is 2. The average Bonchev–Trinajstić information content (AvgIpc) is 3.47. The van der Waals surface area contributed by atoms with Crippen LogP contribution in [0.5, 0.6) is 5.75 Å². The fourth-order valence-corrected chi connectivity index (χ4v) is 2.83. The quantitative estimate of drug-likeness (QED) is 0.321. The van der Waals surface area contributed by atoms with Crippen LogP contribution in [0.1, 0.15) is 50.5 Å². The molecule has 0 aliphatic heterocycles. The van der Waals surface area contributed by atoms with Crippen LogP contribution in [0.15, 0.2) is 33.7 Å². The largest absolute Gasteiger partial charge is 0.491 e. The molecule has 30 heavy (non-hydrogen) atoms. The highest BCUT2D eigenvalue weighted by Gasteiger charge is 2.20. The highest BCUT2D eigenvalue weighted by molar-refractivity contribution is 5.93. The van der Waals surface area contributed by atoms with E-state index in [4.69, 9.17) is 13.9 Å². The molecule has 0 bridgehead atoms. The number of oxazole rings is 1. The zero-order chi connectivity index (χ0) is 21.3. The van der Waals surface area contributed by atoms with Crippen molar-refractivity contribution in [1.82, 2.24) is 10.3 Å². The Balaban J connectivity index is 1.54. The normalized spacial score (nSPS) is 14.2. The predicted molar refractivity (Wildman–Crippen MR) is 119 cm³/mol. The number of benzene rings is 1. The van der Waals surface area contributed by atoms with Crippen molar-refractivity contribution in [2.75, 3.05) is 25.1 Å². The molecule has 0 radical (unpaired) electrons. The van der Waals surface area contributed by atoms with Gasteiger partial charge in [0.25, 0.3) is 0 Å². The molecule has 1 saturated carbocycles. The molecule has 0 spiro atoms. The Morgan fingerprint density at radius 2 is 2.00 bits per heavy atom. The van der Waals surface area contributed by atoms with E-state index in [9.17, 15) is 0 Å². The van der Waals surface area contributed by atoms with Gasteiger partial charge in [0.15, 0.2) is 5.96 Å². The van der Waals surface area contributed by atoms with Crippen molar-refractivity contribution in [3.63, 3.8) is 0 Å². The minimum Gasteiger partial charge on any atom is -0.491 e. The Morgan fingerprint density at radius 1 is 1.23 bits per heavy atom. The molecule has 0 unspecified atom stereocenters. The number of anilines is 1. The van der Waals surface area contributed by atoms with E-state index in [1.165, 1.54) is 12.8 Å². The number of nitrogens with one attached hydrogen (secondary N) is 2. The summed E-state index contributed by atoms with van der Waals surface area (Å²) in [4.78, 5) is 9.04. The van der Waals surface area contributed by atoms with Gasteiger partial charge in [-0.05, 0) is 77.1 Å². The lowest BCUT2D eigenvalue weighted by Gasteiger charge is -2.14. The summed E-state index contributed by atoms with van der Waals surface area (Å²) in [7, 11) is 0. The maximum atomic E-state index is 5.71. The van der Waals surface area contributed by atoms with Crippen LogP contribution in [-0.2, 0) is 11.3 Å². The molecule has 2 N–H and O–H groups in total. The minimum atomic E-state index is 0.150. The summed E-state index contributed by atoms with van der Waals surface area (Å²) in [6, 6.07) is 7.86. The van der Waals surface area contributed by atoms with E-state index < -0.39 is 0 Å². The Hall–Kier alpha value is -2.54. The number of ether oxygens (including phenoxy) is 2. The molecule has 1 aromatic carbocycles. The Morgan fingerprint density at radius 3 is 2.63 bits per heavy atom. The Bertz CT molecular complexity index is 791. The zero-order valence-corrected chi connectivity index (χ0v) is 18.5. The molecule has 164 valence electrons. The average molecular weight is 415 g/mol. The summed E-state index contributed by atoms with van der Waals surface area (Å²) < 4.78 is 17.1. The number of guanidine groups is 1. The van der Waals surface area contributed by atoms with Gasteiger partial charge < -0.3 is 24.5 Å². The minimum absolute atomic E-state index is 0.150. The third kappa shape index (κ3) is 7.71. The van der Waals surface area contributed by atoms with Crippen molar-refractivity contribution >= 4 is 11.6 Å². The predicted octanol–water partition coefficient (Wildman–Crippen LogP) is 4.45. The van der Waals surface area contributed by atoms with Crippen LogP contribution in [-0.4, -0.2) is 36.8 Å². The molecule has 1 fully saturated rings. The molecular weight excluding hydrogens is 380 g/mol. The fourth-order valence-electron chi connectivity index (χ4n) is 2.83. The summed E-state index contributed by atoms with van der Waals surface area (Å²) in [6.45, 7) is 10.7. The number of aliphatic imine (C=N–C) groups is 1. The van der Waals surface area contributed by atoms with E-state index in [2.05, 4.69) is 20.6 Å². The van der Waals surface area contributed by atoms with Gasteiger partial charge in [0.05, 0.1) is 11.8 Å². The first-order valence-corrected chi connectivity index (χ1v) is 10.8. The lowest BCUT2D eigenvalue weighted by molar-refractivity contribution is 0.123. The monoisotopic (exact) mass is 414 g/mol. The molecule has 0 saturated heterocycles. The first-order chi connectivity index (χ1) is 14.5. The molecule has 1 aliphatic rings. The standard InChI is InChI=1S/C23H34N4O3/c1-16(2)29-21-10-8-20(9-11-21)27-23(24-12-5-13-28-15-19-6-7-19)25-14-22-26-17(3)18(4)30-22/h8-11,16,19H,5-7,12-15H2,1-4H3,(H2,24,25,27). The van der Waals surface area contributed by atoms with Gasteiger partial charge in [0.2, 0.25) is 5.89 Å². The lowest BCUT2D eigenvalue weighted by Crippen LogP contribution is -2.32.